The van der Waals surface area contributed by atoms with Crippen LogP contribution in [0.5, 0.6) is 0 Å². The largest absolute Gasteiger partial charge is 0.481 e. The van der Waals surface area contributed by atoms with E-state index in [4.69, 9.17) is 20.9 Å². The summed E-state index contributed by atoms with van der Waals surface area (Å²) in [6, 6.07) is 0. The molecule has 0 unspecified atom stereocenters. The Bertz CT molecular complexity index is 646. The highest BCUT2D eigenvalue weighted by atomic mass is 36.0. The third-order valence-corrected chi connectivity index (χ3v) is 10.8. The van der Waals surface area contributed by atoms with Crippen molar-refractivity contribution >= 4 is 53.4 Å². The van der Waals surface area contributed by atoms with Crippen LogP contribution in [0.2, 0.25) is 0 Å². The molecule has 0 atom stereocenters. The van der Waals surface area contributed by atoms with Crippen molar-refractivity contribution in [3.63, 3.8) is 0 Å². The van der Waals surface area contributed by atoms with Gasteiger partial charge in [-0.1, -0.05) is 52.4 Å². The van der Waals surface area contributed by atoms with Gasteiger partial charge in [0.15, 0.2) is 0 Å². The summed E-state index contributed by atoms with van der Waals surface area (Å²) in [6.45, 7) is 4.63. The highest BCUT2D eigenvalue weighted by molar-refractivity contribution is 8.26. The van der Waals surface area contributed by atoms with Gasteiger partial charge in [-0.05, 0) is 124 Å². The van der Waals surface area contributed by atoms with E-state index in [9.17, 15) is 9.59 Å². The van der Waals surface area contributed by atoms with Gasteiger partial charge in [-0.3, -0.25) is 9.59 Å². The summed E-state index contributed by atoms with van der Waals surface area (Å²) in [7, 11) is 7.36. The molecule has 222 valence electrons. The van der Waals surface area contributed by atoms with Crippen LogP contribution in [0.15, 0.2) is 0 Å². The van der Waals surface area contributed by atoms with Gasteiger partial charge in [0.2, 0.25) is 14.5 Å². The van der Waals surface area contributed by atoms with E-state index in [-0.39, 0.29) is 17.1 Å². The number of carboxylic acid groups (broad SMARTS) is 1. The van der Waals surface area contributed by atoms with Gasteiger partial charge in [0.25, 0.3) is 0 Å². The number of carbonyl (C=O) groups is 2. The molecule has 0 heterocycles. The smallest absolute Gasteiger partial charge is 0.306 e. The maximum atomic E-state index is 11.1. The molecule has 1 N–H and O–H groups in total. The van der Waals surface area contributed by atoms with Gasteiger partial charge in [-0.15, -0.1) is 0 Å². The molecule has 4 aliphatic rings. The van der Waals surface area contributed by atoms with Crippen LogP contribution in [-0.2, 0) is 18.8 Å². The molecule has 4 rings (SSSR count). The molecule has 0 aliphatic heterocycles. The highest BCUT2D eigenvalue weighted by Crippen LogP contribution is 2.43. The Morgan fingerprint density at radius 3 is 1.11 bits per heavy atom. The van der Waals surface area contributed by atoms with Crippen molar-refractivity contribution in [3.8, 4) is 0 Å². The van der Waals surface area contributed by atoms with E-state index >= 15 is 0 Å². The van der Waals surface area contributed by atoms with Gasteiger partial charge < -0.3 is 5.11 Å². The van der Waals surface area contributed by atoms with E-state index in [0.717, 1.165) is 61.2 Å². The fraction of sp³-hybridized carbons (Fsp3) is 0.933. The first-order valence-electron chi connectivity index (χ1n) is 15.3. The Labute approximate surface area is 248 Å². The van der Waals surface area contributed by atoms with Crippen LogP contribution in [0, 0.1) is 47.3 Å². The summed E-state index contributed by atoms with van der Waals surface area (Å²) in [5.74, 6) is 5.10. The molecule has 8 heteroatoms. The van der Waals surface area contributed by atoms with Crippen molar-refractivity contribution in [2.45, 2.75) is 129 Å². The minimum absolute atomic E-state index is 0.0433. The summed E-state index contributed by atoms with van der Waals surface area (Å²) in [4.78, 5) is 22.0. The lowest BCUT2D eigenvalue weighted by Gasteiger charge is -2.37. The van der Waals surface area contributed by atoms with Crippen LogP contribution < -0.4 is 0 Å². The van der Waals surface area contributed by atoms with Crippen LogP contribution in [-0.4, -0.2) is 20.5 Å². The molecule has 0 saturated heterocycles. The van der Waals surface area contributed by atoms with Crippen LogP contribution in [0.4, 0.5) is 0 Å². The zero-order valence-corrected chi connectivity index (χ0v) is 26.6. The van der Waals surface area contributed by atoms with E-state index in [1.54, 1.807) is 0 Å². The Morgan fingerprint density at radius 1 is 0.605 bits per heavy atom. The molecule has 0 bridgehead atoms. The Kier molecular flexibility index (Phi) is 16.8. The van der Waals surface area contributed by atoms with E-state index in [1.165, 1.54) is 89.9 Å². The predicted octanol–water partition coefficient (Wildman–Crippen LogP) is 9.91. The van der Waals surface area contributed by atoms with Gasteiger partial charge in [-0.25, -0.2) is 4.21 Å². The maximum absolute atomic E-state index is 11.1. The summed E-state index contributed by atoms with van der Waals surface area (Å²) >= 11 is 5.59. The lowest BCUT2D eigenvalue weighted by Crippen LogP contribution is -2.28. The summed E-state index contributed by atoms with van der Waals surface area (Å²) in [5.41, 5.74) is 0. The van der Waals surface area contributed by atoms with Crippen molar-refractivity contribution in [3.05, 3.63) is 0 Å². The van der Waals surface area contributed by atoms with Gasteiger partial charge in [-0.2, -0.15) is 0 Å². The average molecular weight is 614 g/mol. The number of hydrogen-bond donors (Lipinski definition) is 1. The second kappa shape index (κ2) is 18.6. The average Bonchev–Trinajstić information content (AvgIpc) is 2.93. The van der Waals surface area contributed by atoms with Crippen LogP contribution in [0.1, 0.15) is 129 Å². The van der Waals surface area contributed by atoms with Gasteiger partial charge in [0, 0.05) is 27.3 Å². The first-order valence-corrected chi connectivity index (χ1v) is 18.5. The second-order valence-electron chi connectivity index (χ2n) is 12.4. The fourth-order valence-electron chi connectivity index (χ4n) is 7.79. The highest BCUT2D eigenvalue weighted by Gasteiger charge is 2.33. The molecule has 0 radical (unpaired) electrons. The standard InChI is InChI=1S/C15H25ClO.C15H26O2.Cl2OS/c2*1-2-11-3-5-12(6-4-11)13-7-9-14(10-8-13)15(16)17;1-4(2)3/h11-14H,2-10H2,1H3;11-14H,2-10H2,1H3,(H,16,17);. The summed E-state index contributed by atoms with van der Waals surface area (Å²) in [6.07, 6.45) is 22.8. The number of aliphatic carboxylic acids is 1. The molecule has 4 saturated carbocycles. The molecule has 0 aromatic carbocycles. The first-order chi connectivity index (χ1) is 18.1. The number of halogens is 3. The molecule has 4 aliphatic carbocycles. The number of hydrogen-bond acceptors (Lipinski definition) is 3. The van der Waals surface area contributed by atoms with Crippen molar-refractivity contribution in [1.29, 1.82) is 0 Å². The maximum Gasteiger partial charge on any atom is 0.306 e. The molecule has 0 aromatic rings. The van der Waals surface area contributed by atoms with Crippen molar-refractivity contribution in [2.75, 3.05) is 0 Å². The minimum atomic E-state index is -1.67. The Balaban J connectivity index is 0.000000234. The minimum Gasteiger partial charge on any atom is -0.481 e. The Hall–Kier alpha value is 0.160. The molecule has 4 nitrogen and oxygen atoms in total. The van der Waals surface area contributed by atoms with Crippen LogP contribution in [0.25, 0.3) is 0 Å². The second-order valence-corrected chi connectivity index (χ2v) is 15.3. The van der Waals surface area contributed by atoms with Gasteiger partial charge in [0.05, 0.1) is 5.92 Å². The lowest BCUT2D eigenvalue weighted by atomic mass is 9.69. The number of rotatable bonds is 6. The molecule has 38 heavy (non-hydrogen) atoms. The molecule has 0 spiro atoms. The van der Waals surface area contributed by atoms with E-state index in [2.05, 4.69) is 35.2 Å². The molecular formula is C30H51Cl3O4S. The topological polar surface area (TPSA) is 71.4 Å². The fourth-order valence-corrected chi connectivity index (χ4v) is 8.01. The normalized spacial score (nSPS) is 35.7. The summed E-state index contributed by atoms with van der Waals surface area (Å²) < 4.78 is 9.09. The van der Waals surface area contributed by atoms with Gasteiger partial charge >= 0.3 is 5.97 Å². The van der Waals surface area contributed by atoms with Gasteiger partial charge in [0.1, 0.15) is 0 Å². The molecule has 0 aromatic heterocycles. The lowest BCUT2D eigenvalue weighted by molar-refractivity contribution is -0.143. The van der Waals surface area contributed by atoms with Crippen molar-refractivity contribution in [2.24, 2.45) is 47.3 Å². The predicted molar refractivity (Wildman–Crippen MR) is 161 cm³/mol. The molecule has 4 fully saturated rings. The quantitative estimate of drug-likeness (QED) is 0.303. The zero-order chi connectivity index (χ0) is 28.1. The van der Waals surface area contributed by atoms with Crippen LogP contribution in [0.3, 0.4) is 0 Å². The summed E-state index contributed by atoms with van der Waals surface area (Å²) in [5, 5.41) is 8.90. The van der Waals surface area contributed by atoms with E-state index in [0.29, 0.717) is 0 Å². The number of carbonyl (C=O) groups excluding carboxylic acids is 1. The molecular weight excluding hydrogens is 563 g/mol. The third-order valence-electron chi connectivity index (χ3n) is 10.5. The zero-order valence-electron chi connectivity index (χ0n) is 23.6. The first kappa shape index (κ1) is 34.4. The number of carboxylic acids is 1. The monoisotopic (exact) mass is 612 g/mol. The Morgan fingerprint density at radius 2 is 0.868 bits per heavy atom. The SMILES string of the molecule is CCC1CCC(C2CCC(C(=O)Cl)CC2)CC1.CCC1CCC(C2CCC(C(=O)O)CC2)CC1.O=S(Cl)Cl. The molecule has 0 amide bonds. The third kappa shape index (κ3) is 12.4. The van der Waals surface area contributed by atoms with E-state index in [1.807, 2.05) is 0 Å². The van der Waals surface area contributed by atoms with Crippen molar-refractivity contribution < 1.29 is 18.9 Å². The van der Waals surface area contributed by atoms with E-state index < -0.39 is 15.2 Å². The van der Waals surface area contributed by atoms with Crippen LogP contribution >= 0.6 is 33.0 Å². The van der Waals surface area contributed by atoms with Crippen molar-refractivity contribution in [1.82, 2.24) is 0 Å².